The minimum atomic E-state index is -0.534. The highest BCUT2D eigenvalue weighted by Crippen LogP contribution is 2.24. The van der Waals surface area contributed by atoms with Gasteiger partial charge in [-0.1, -0.05) is 0 Å². The van der Waals surface area contributed by atoms with Crippen LogP contribution >= 0.6 is 0 Å². The molecule has 0 radical (unpaired) electrons. The molecule has 0 aliphatic rings. The lowest BCUT2D eigenvalue weighted by molar-refractivity contribution is -0.384. The molecule has 104 valence electrons. The molecule has 1 heterocycles. The van der Waals surface area contributed by atoms with E-state index < -0.39 is 10.9 Å². The van der Waals surface area contributed by atoms with Gasteiger partial charge in [0.05, 0.1) is 11.0 Å². The van der Waals surface area contributed by atoms with E-state index in [1.165, 1.54) is 18.2 Å². The Labute approximate surface area is 115 Å². The van der Waals surface area contributed by atoms with Crippen LogP contribution in [-0.2, 0) is 4.74 Å². The summed E-state index contributed by atoms with van der Waals surface area (Å²) in [5.74, 6) is 0.0239. The second kappa shape index (κ2) is 5.56. The van der Waals surface area contributed by atoms with Crippen molar-refractivity contribution >= 4 is 11.7 Å². The second-order valence-electron chi connectivity index (χ2n) is 4.42. The molecule has 6 heteroatoms. The predicted octanol–water partition coefficient (Wildman–Crippen LogP) is 3.42. The summed E-state index contributed by atoms with van der Waals surface area (Å²) in [6.45, 7) is 3.50. The van der Waals surface area contributed by atoms with Crippen LogP contribution in [0.2, 0.25) is 0 Å². The standard InChI is InChI=1S/C14H13NO5/c1-9(2)19-14(16)13-8-7-12(20-13)10-3-5-11(6-4-10)15(17)18/h3-9H,1-2H3. The van der Waals surface area contributed by atoms with Gasteiger partial charge < -0.3 is 9.15 Å². The van der Waals surface area contributed by atoms with Crippen LogP contribution in [0.15, 0.2) is 40.8 Å². The first kappa shape index (κ1) is 13.8. The Morgan fingerprint density at radius 3 is 2.40 bits per heavy atom. The van der Waals surface area contributed by atoms with Gasteiger partial charge in [0.15, 0.2) is 0 Å². The average Bonchev–Trinajstić information content (AvgIpc) is 2.87. The molecule has 1 aromatic carbocycles. The number of esters is 1. The number of nitrogens with zero attached hydrogens (tertiary/aromatic N) is 1. The van der Waals surface area contributed by atoms with Crippen molar-refractivity contribution in [3.8, 4) is 11.3 Å². The first-order valence-corrected chi connectivity index (χ1v) is 6.03. The maximum Gasteiger partial charge on any atom is 0.374 e. The third kappa shape index (κ3) is 3.03. The molecule has 6 nitrogen and oxygen atoms in total. The molecule has 0 atom stereocenters. The number of carbonyl (C=O) groups is 1. The Balaban J connectivity index is 2.20. The molecule has 0 aliphatic heterocycles. The maximum atomic E-state index is 11.6. The van der Waals surface area contributed by atoms with Crippen molar-refractivity contribution in [1.82, 2.24) is 0 Å². The quantitative estimate of drug-likeness (QED) is 0.485. The van der Waals surface area contributed by atoms with Gasteiger partial charge >= 0.3 is 5.97 Å². The Hall–Kier alpha value is -2.63. The Bertz CT molecular complexity index is 627. The summed E-state index contributed by atoms with van der Waals surface area (Å²) < 4.78 is 10.4. The van der Waals surface area contributed by atoms with Crippen LogP contribution in [-0.4, -0.2) is 17.0 Å². The Kier molecular flexibility index (Phi) is 3.84. The monoisotopic (exact) mass is 275 g/mol. The summed E-state index contributed by atoms with van der Waals surface area (Å²) >= 11 is 0. The largest absolute Gasteiger partial charge is 0.457 e. The molecule has 20 heavy (non-hydrogen) atoms. The van der Waals surface area contributed by atoms with E-state index in [0.29, 0.717) is 11.3 Å². The van der Waals surface area contributed by atoms with Gasteiger partial charge in [0.1, 0.15) is 5.76 Å². The maximum absolute atomic E-state index is 11.6. The van der Waals surface area contributed by atoms with Gasteiger partial charge in [0, 0.05) is 17.7 Å². The fraction of sp³-hybridized carbons (Fsp3) is 0.214. The SMILES string of the molecule is CC(C)OC(=O)c1ccc(-c2ccc([N+](=O)[O-])cc2)o1. The number of non-ortho nitro benzene ring substituents is 1. The molecule has 0 saturated carbocycles. The number of hydrogen-bond acceptors (Lipinski definition) is 5. The zero-order chi connectivity index (χ0) is 14.7. The highest BCUT2D eigenvalue weighted by Gasteiger charge is 2.15. The minimum absolute atomic E-state index is 0.000234. The van der Waals surface area contributed by atoms with E-state index >= 15 is 0 Å². The van der Waals surface area contributed by atoms with E-state index in [1.54, 1.807) is 32.0 Å². The van der Waals surface area contributed by atoms with Crippen LogP contribution in [0.25, 0.3) is 11.3 Å². The zero-order valence-electron chi connectivity index (χ0n) is 11.0. The highest BCUT2D eigenvalue weighted by molar-refractivity contribution is 5.87. The van der Waals surface area contributed by atoms with E-state index in [-0.39, 0.29) is 17.6 Å². The minimum Gasteiger partial charge on any atom is -0.457 e. The molecule has 0 spiro atoms. The average molecular weight is 275 g/mol. The molecule has 0 N–H and O–H groups in total. The Morgan fingerprint density at radius 2 is 1.85 bits per heavy atom. The van der Waals surface area contributed by atoms with Crippen molar-refractivity contribution in [2.24, 2.45) is 0 Å². The van der Waals surface area contributed by atoms with E-state index in [1.807, 2.05) is 0 Å². The lowest BCUT2D eigenvalue weighted by atomic mass is 10.1. The molecule has 2 rings (SSSR count). The van der Waals surface area contributed by atoms with Gasteiger partial charge in [-0.15, -0.1) is 0 Å². The lowest BCUT2D eigenvalue weighted by Crippen LogP contribution is -2.10. The van der Waals surface area contributed by atoms with Gasteiger partial charge in [0.2, 0.25) is 5.76 Å². The fourth-order valence-electron chi connectivity index (χ4n) is 1.62. The number of furan rings is 1. The third-order valence-corrected chi connectivity index (χ3v) is 2.51. The van der Waals surface area contributed by atoms with Gasteiger partial charge in [-0.2, -0.15) is 0 Å². The summed E-state index contributed by atoms with van der Waals surface area (Å²) in [5.41, 5.74) is 0.652. The van der Waals surface area contributed by atoms with E-state index in [2.05, 4.69) is 0 Å². The third-order valence-electron chi connectivity index (χ3n) is 2.51. The highest BCUT2D eigenvalue weighted by atomic mass is 16.6. The van der Waals surface area contributed by atoms with Crippen molar-refractivity contribution in [1.29, 1.82) is 0 Å². The van der Waals surface area contributed by atoms with Crippen LogP contribution in [0.1, 0.15) is 24.4 Å². The van der Waals surface area contributed by atoms with Crippen LogP contribution < -0.4 is 0 Å². The molecule has 1 aromatic heterocycles. The smallest absolute Gasteiger partial charge is 0.374 e. The molecule has 0 bridgehead atoms. The van der Waals surface area contributed by atoms with E-state index in [0.717, 1.165) is 0 Å². The molecule has 0 amide bonds. The number of nitro benzene ring substituents is 1. The predicted molar refractivity (Wildman–Crippen MR) is 71.3 cm³/mol. The second-order valence-corrected chi connectivity index (χ2v) is 4.42. The van der Waals surface area contributed by atoms with Crippen molar-refractivity contribution < 1.29 is 18.9 Å². The van der Waals surface area contributed by atoms with Crippen molar-refractivity contribution in [3.05, 3.63) is 52.3 Å². The van der Waals surface area contributed by atoms with Crippen molar-refractivity contribution in [2.45, 2.75) is 20.0 Å². The number of hydrogen-bond donors (Lipinski definition) is 0. The first-order chi connectivity index (χ1) is 9.47. The normalized spacial score (nSPS) is 10.6. The lowest BCUT2D eigenvalue weighted by Gasteiger charge is -2.05. The summed E-state index contributed by atoms with van der Waals surface area (Å²) in [6, 6.07) is 9.02. The number of benzene rings is 1. The Morgan fingerprint density at radius 1 is 1.20 bits per heavy atom. The van der Waals surface area contributed by atoms with Crippen molar-refractivity contribution in [2.75, 3.05) is 0 Å². The van der Waals surface area contributed by atoms with Crippen molar-refractivity contribution in [3.63, 3.8) is 0 Å². The van der Waals surface area contributed by atoms with Gasteiger partial charge in [-0.05, 0) is 38.1 Å². The van der Waals surface area contributed by atoms with Crippen LogP contribution in [0, 0.1) is 10.1 Å². The van der Waals surface area contributed by atoms with E-state index in [4.69, 9.17) is 9.15 Å². The van der Waals surface area contributed by atoms with E-state index in [9.17, 15) is 14.9 Å². The molecule has 2 aromatic rings. The summed E-state index contributed by atoms with van der Waals surface area (Å²) in [7, 11) is 0. The fourth-order valence-corrected chi connectivity index (χ4v) is 1.62. The number of ether oxygens (including phenoxy) is 1. The number of rotatable bonds is 4. The zero-order valence-corrected chi connectivity index (χ0v) is 11.0. The first-order valence-electron chi connectivity index (χ1n) is 6.03. The summed E-state index contributed by atoms with van der Waals surface area (Å²) in [6.07, 6.45) is -0.226. The molecule has 0 saturated heterocycles. The van der Waals surface area contributed by atoms with Crippen LogP contribution in [0.4, 0.5) is 5.69 Å². The molecule has 0 fully saturated rings. The van der Waals surface area contributed by atoms with Crippen LogP contribution in [0.3, 0.4) is 0 Å². The van der Waals surface area contributed by atoms with Gasteiger partial charge in [0.25, 0.3) is 5.69 Å². The van der Waals surface area contributed by atoms with Crippen LogP contribution in [0.5, 0.6) is 0 Å². The summed E-state index contributed by atoms with van der Waals surface area (Å²) in [4.78, 5) is 21.7. The van der Waals surface area contributed by atoms with Gasteiger partial charge in [-0.3, -0.25) is 10.1 Å². The number of carbonyl (C=O) groups excluding carboxylic acids is 1. The molecular weight excluding hydrogens is 262 g/mol. The van der Waals surface area contributed by atoms with Gasteiger partial charge in [-0.25, -0.2) is 4.79 Å². The number of nitro groups is 1. The molecule has 0 unspecified atom stereocenters. The molecular formula is C14H13NO5. The topological polar surface area (TPSA) is 82.6 Å². The summed E-state index contributed by atoms with van der Waals surface area (Å²) in [5, 5.41) is 10.6. The molecule has 0 aliphatic carbocycles.